The third-order valence-corrected chi connectivity index (χ3v) is 11.8. The Balaban J connectivity index is 0.00000511. The van der Waals surface area contributed by atoms with Gasteiger partial charge in [0.1, 0.15) is 5.82 Å². The molecule has 5 nitrogen and oxygen atoms in total. The minimum atomic E-state index is -0.0424. The van der Waals surface area contributed by atoms with Crippen molar-refractivity contribution in [3.63, 3.8) is 0 Å². The molecule has 0 radical (unpaired) electrons. The molecule has 314 valence electrons. The molecule has 10 aromatic rings. The molecular weight excluding hydrogens is 964 g/mol. The van der Waals surface area contributed by atoms with Crippen molar-refractivity contribution < 1.29 is 28.5 Å². The van der Waals surface area contributed by atoms with Crippen LogP contribution in [0, 0.1) is 18.8 Å². The Bertz CT molecular complexity index is 3400. The van der Waals surface area contributed by atoms with Crippen LogP contribution in [-0.2, 0) is 26.5 Å². The Kier molecular flexibility index (Phi) is 10.1. The van der Waals surface area contributed by atoms with Crippen LogP contribution in [0.2, 0.25) is 0 Å². The summed E-state index contributed by atoms with van der Waals surface area (Å²) in [7, 11) is 0. The van der Waals surface area contributed by atoms with Gasteiger partial charge in [-0.3, -0.25) is 0 Å². The molecule has 8 aromatic carbocycles. The first-order valence-electron chi connectivity index (χ1n) is 22.2. The second-order valence-corrected chi connectivity index (χ2v) is 16.8. The monoisotopic (exact) mass is 1010 g/mol. The van der Waals surface area contributed by atoms with E-state index in [9.17, 15) is 0 Å². The number of fused-ring (bicyclic) bond motifs is 4. The van der Waals surface area contributed by atoms with Gasteiger partial charge in [-0.05, 0) is 69.0 Å². The summed E-state index contributed by atoms with van der Waals surface area (Å²) >= 11 is 0. The predicted molar refractivity (Wildman–Crippen MR) is 259 cm³/mol. The van der Waals surface area contributed by atoms with Crippen LogP contribution in [0.25, 0.3) is 61.0 Å². The van der Waals surface area contributed by atoms with Gasteiger partial charge in [-0.2, -0.15) is 12.1 Å². The van der Waals surface area contributed by atoms with Crippen molar-refractivity contribution in [1.82, 2.24) is 9.55 Å². The van der Waals surface area contributed by atoms with E-state index in [2.05, 4.69) is 163 Å². The Labute approximate surface area is 391 Å². The molecule has 0 saturated carbocycles. The van der Waals surface area contributed by atoms with Crippen LogP contribution in [0.4, 0.5) is 22.7 Å². The normalized spacial score (nSPS) is 12.8. The van der Waals surface area contributed by atoms with Gasteiger partial charge < -0.3 is 19.1 Å². The summed E-state index contributed by atoms with van der Waals surface area (Å²) in [5.41, 5.74) is 12.3. The van der Waals surface area contributed by atoms with E-state index >= 15 is 0 Å². The van der Waals surface area contributed by atoms with E-state index in [1.807, 2.05) is 60.8 Å². The van der Waals surface area contributed by atoms with Crippen LogP contribution in [0.3, 0.4) is 0 Å². The van der Waals surface area contributed by atoms with E-state index in [4.69, 9.17) is 12.5 Å². The van der Waals surface area contributed by atoms with Crippen LogP contribution in [0.15, 0.2) is 200 Å². The number of hydrogen-bond donors (Lipinski definition) is 0. The van der Waals surface area contributed by atoms with Crippen molar-refractivity contribution in [2.24, 2.45) is 0 Å². The van der Waals surface area contributed by atoms with Crippen molar-refractivity contribution in [2.75, 3.05) is 9.80 Å². The van der Waals surface area contributed by atoms with Gasteiger partial charge in [0.25, 0.3) is 0 Å². The maximum absolute atomic E-state index is 9.02. The van der Waals surface area contributed by atoms with Gasteiger partial charge in [0.05, 0.1) is 2.74 Å². The van der Waals surface area contributed by atoms with Gasteiger partial charge >= 0.3 is 0 Å². The van der Waals surface area contributed by atoms with Crippen molar-refractivity contribution in [1.29, 1.82) is 0 Å². The molecule has 0 amide bonds. The number of para-hydroxylation sites is 4. The Morgan fingerprint density at radius 2 is 1.20 bits per heavy atom. The summed E-state index contributed by atoms with van der Waals surface area (Å²) < 4.78 is 26.9. The minimum Gasteiger partial charge on any atom is -0.509 e. The molecule has 11 rings (SSSR count). The number of rotatable bonds is 8. The molecule has 64 heavy (non-hydrogen) atoms. The van der Waals surface area contributed by atoms with Gasteiger partial charge in [0, 0.05) is 72.5 Å². The van der Waals surface area contributed by atoms with Crippen molar-refractivity contribution in [3.8, 4) is 50.7 Å². The maximum atomic E-state index is 9.02. The van der Waals surface area contributed by atoms with Gasteiger partial charge in [-0.25, -0.2) is 4.98 Å². The third-order valence-electron chi connectivity index (χ3n) is 11.8. The Morgan fingerprint density at radius 3 is 1.98 bits per heavy atom. The summed E-state index contributed by atoms with van der Waals surface area (Å²) in [6.45, 7) is 8.72. The van der Waals surface area contributed by atoms with Crippen LogP contribution in [0.5, 0.6) is 11.5 Å². The van der Waals surface area contributed by atoms with E-state index in [-0.39, 0.29) is 26.5 Å². The number of ether oxygens (including phenoxy) is 1. The predicted octanol–water partition coefficient (Wildman–Crippen LogP) is 15.3. The molecule has 0 atom stereocenters. The smallest absolute Gasteiger partial charge is 0.135 e. The molecule has 0 fully saturated rings. The average molecular weight is 1010 g/mol. The van der Waals surface area contributed by atoms with E-state index in [0.717, 1.165) is 78.2 Å². The number of hydrogen-bond acceptors (Lipinski definition) is 4. The molecule has 2 aromatic heterocycles. The molecule has 1 aliphatic heterocycles. The quantitative estimate of drug-likeness (QED) is 0.142. The molecule has 6 heteroatoms. The van der Waals surface area contributed by atoms with Crippen LogP contribution in [0.1, 0.15) is 29.1 Å². The second-order valence-electron chi connectivity index (χ2n) is 16.8. The summed E-state index contributed by atoms with van der Waals surface area (Å²) in [6, 6.07) is 69.1. The van der Waals surface area contributed by atoms with Crippen molar-refractivity contribution in [3.05, 3.63) is 225 Å². The topological polar surface area (TPSA) is 33.5 Å². The van der Waals surface area contributed by atoms with Gasteiger partial charge in [0.2, 0.25) is 0 Å². The SMILES string of the molecule is [2H]c1cccc([2H])c1-c1cccc(-c2ccc(-c3ccccc3)cc2)c1N1[CH-]N(c2[c-]c(Oc3[c-]c4c(cc3)c3ccccc3n4-c3cc(C(C)(C)C)ccn3)ccc2)c2ccccc21.[Pt]. The van der Waals surface area contributed by atoms with E-state index in [1.54, 1.807) is 18.2 Å². The zero-order chi connectivity index (χ0) is 44.2. The van der Waals surface area contributed by atoms with E-state index in [0.29, 0.717) is 29.1 Å². The maximum Gasteiger partial charge on any atom is 0.135 e. The minimum absolute atomic E-state index is 0. The number of anilines is 4. The summed E-state index contributed by atoms with van der Waals surface area (Å²) in [5.74, 6) is 1.93. The molecular formula is C58H43N4OPt-3. The fourth-order valence-corrected chi connectivity index (χ4v) is 8.63. The van der Waals surface area contributed by atoms with Crippen molar-refractivity contribution >= 4 is 44.6 Å². The van der Waals surface area contributed by atoms with Crippen molar-refractivity contribution in [2.45, 2.75) is 26.2 Å². The van der Waals surface area contributed by atoms with Gasteiger partial charge in [0.15, 0.2) is 0 Å². The molecule has 0 spiro atoms. The molecule has 0 aliphatic carbocycles. The zero-order valence-corrected chi connectivity index (χ0v) is 37.8. The Hall–Kier alpha value is -7.20. The first-order valence-corrected chi connectivity index (χ1v) is 21.2. The fourth-order valence-electron chi connectivity index (χ4n) is 8.63. The molecule has 0 N–H and O–H groups in total. The summed E-state index contributed by atoms with van der Waals surface area (Å²) in [6.07, 6.45) is 1.88. The standard InChI is InChI=1S/C58H43N4O.Pt/c1-58(2,3)44-34-35-59-56(36-44)62-52-25-11-10-22-50(52)51-33-32-47(38-55(51)62)63-46-21-14-20-45(37-46)60-39-61(54-27-13-12-26-53(54)60)57-48(42-18-8-5-9-19-42)23-15-24-49(57)43-30-28-41(29-31-43)40-16-6-4-7-17-40;/h4-36,39H,1-3H3;/q-3;/i18D,19D;. The molecule has 1 aliphatic rings. The summed E-state index contributed by atoms with van der Waals surface area (Å²) in [4.78, 5) is 9.15. The molecule has 0 saturated heterocycles. The molecule has 0 unspecified atom stereocenters. The molecule has 0 bridgehead atoms. The number of nitrogens with zero attached hydrogens (tertiary/aromatic N) is 4. The van der Waals surface area contributed by atoms with Crippen LogP contribution in [-0.4, -0.2) is 9.55 Å². The largest absolute Gasteiger partial charge is 0.509 e. The average Bonchev–Trinajstić information content (AvgIpc) is 3.88. The van der Waals surface area contributed by atoms with E-state index < -0.39 is 0 Å². The molecule has 3 heterocycles. The summed E-state index contributed by atoms with van der Waals surface area (Å²) in [5, 5.41) is 2.18. The first-order chi connectivity index (χ1) is 31.7. The first kappa shape index (κ1) is 38.5. The third kappa shape index (κ3) is 7.46. The van der Waals surface area contributed by atoms with Gasteiger partial charge in [-0.1, -0.05) is 160 Å². The number of benzene rings is 8. The second kappa shape index (κ2) is 16.8. The van der Waals surface area contributed by atoms with Crippen LogP contribution < -0.4 is 14.5 Å². The number of pyridine rings is 1. The Morgan fingerprint density at radius 1 is 0.562 bits per heavy atom. The fraction of sp³-hybridized carbons (Fsp3) is 0.0690. The van der Waals surface area contributed by atoms with E-state index in [1.165, 1.54) is 5.56 Å². The van der Waals surface area contributed by atoms with Crippen LogP contribution >= 0.6 is 0 Å². The zero-order valence-electron chi connectivity index (χ0n) is 37.5. The number of aromatic nitrogens is 2. The van der Waals surface area contributed by atoms with Gasteiger partial charge in [-0.15, -0.1) is 48.1 Å².